The van der Waals surface area contributed by atoms with Crippen molar-refractivity contribution in [2.24, 2.45) is 0 Å². The topological polar surface area (TPSA) is 25.8 Å². The lowest BCUT2D eigenvalue weighted by atomic mass is 9.67. The van der Waals surface area contributed by atoms with Gasteiger partial charge in [0.15, 0.2) is 5.82 Å². The molecule has 0 saturated carbocycles. The molecule has 2 heteroatoms. The van der Waals surface area contributed by atoms with Gasteiger partial charge in [0.25, 0.3) is 0 Å². The molecule has 0 N–H and O–H groups in total. The Bertz CT molecular complexity index is 4440. The van der Waals surface area contributed by atoms with Crippen LogP contribution in [0.2, 0.25) is 0 Å². The number of hydrogen-bond acceptors (Lipinski definition) is 2. The summed E-state index contributed by atoms with van der Waals surface area (Å²) in [6, 6.07) is 98.1. The third kappa shape index (κ3) is 6.47. The molecule has 2 aliphatic rings. The van der Waals surface area contributed by atoms with Crippen molar-refractivity contribution < 1.29 is 0 Å². The van der Waals surface area contributed by atoms with Gasteiger partial charge in [-0.2, -0.15) is 0 Å². The van der Waals surface area contributed by atoms with Crippen molar-refractivity contribution in [1.29, 1.82) is 0 Å². The molecule has 0 aliphatic heterocycles. The standard InChI is InChI=1S/C74H50N2/c1-73(2)67-45-49-25-13-12-24-48(49)44-64(67)61-36-20-35-60(71(61)73)58-41-40-56(52-30-14-15-31-53(52)58)57-42-43-59(55-33-17-16-32-54(55)57)68-46-69(76-72(75-68)47-22-6-3-7-23-47)63-37-21-39-66-70(63)62-34-18-19-38-65(62)74(66,50-26-8-4-9-27-50)51-28-10-5-11-29-51/h3-46H,1-2H3. The first-order valence-electron chi connectivity index (χ1n) is 26.5. The molecule has 1 aromatic heterocycles. The van der Waals surface area contributed by atoms with E-state index in [1.54, 1.807) is 0 Å². The van der Waals surface area contributed by atoms with Crippen LogP contribution in [-0.4, -0.2) is 9.97 Å². The van der Waals surface area contributed by atoms with Crippen LogP contribution in [0.5, 0.6) is 0 Å². The van der Waals surface area contributed by atoms with Crippen LogP contribution in [0.1, 0.15) is 47.2 Å². The van der Waals surface area contributed by atoms with E-state index in [2.05, 4.69) is 281 Å². The average molecular weight is 967 g/mol. The summed E-state index contributed by atoms with van der Waals surface area (Å²) in [4.78, 5) is 11.0. The van der Waals surface area contributed by atoms with Crippen LogP contribution in [0.25, 0.3) is 111 Å². The van der Waals surface area contributed by atoms with Crippen molar-refractivity contribution in [2.45, 2.75) is 24.7 Å². The maximum atomic E-state index is 5.50. The van der Waals surface area contributed by atoms with Gasteiger partial charge in [-0.15, -0.1) is 0 Å². The maximum Gasteiger partial charge on any atom is 0.160 e. The lowest BCUT2D eigenvalue weighted by molar-refractivity contribution is 0.663. The molecular formula is C74H50N2. The number of benzene rings is 12. The number of fused-ring (bicyclic) bond motifs is 9. The minimum atomic E-state index is -0.532. The van der Waals surface area contributed by atoms with E-state index in [0.717, 1.165) is 33.5 Å². The summed E-state index contributed by atoms with van der Waals surface area (Å²) in [5, 5.41) is 7.35. The Morgan fingerprint density at radius 1 is 0.289 bits per heavy atom. The zero-order valence-corrected chi connectivity index (χ0v) is 42.3. The second-order valence-corrected chi connectivity index (χ2v) is 21.1. The third-order valence-electron chi connectivity index (χ3n) is 16.8. The summed E-state index contributed by atoms with van der Waals surface area (Å²) in [5.74, 6) is 0.691. The SMILES string of the molecule is CC1(C)c2cc3ccccc3cc2-c2cccc(-c3ccc(-c4ccc(-c5cc(-c6cccc7c6-c6ccccc6C7(c6ccccc6)c6ccccc6)nc(-c6ccccc6)n5)c5ccccc45)c4ccccc34)c21. The van der Waals surface area contributed by atoms with Gasteiger partial charge in [0.05, 0.1) is 16.8 Å². The zero-order valence-electron chi connectivity index (χ0n) is 42.3. The van der Waals surface area contributed by atoms with Gasteiger partial charge in [-0.25, -0.2) is 9.97 Å². The molecule has 2 nitrogen and oxygen atoms in total. The molecule has 0 fully saturated rings. The highest BCUT2D eigenvalue weighted by atomic mass is 14.9. The summed E-state index contributed by atoms with van der Waals surface area (Å²) in [6.45, 7) is 4.80. The van der Waals surface area contributed by atoms with Crippen molar-refractivity contribution in [3.63, 3.8) is 0 Å². The van der Waals surface area contributed by atoms with E-state index in [1.165, 1.54) is 105 Å². The molecule has 0 saturated heterocycles. The van der Waals surface area contributed by atoms with E-state index in [1.807, 2.05) is 0 Å². The molecule has 0 bridgehead atoms. The van der Waals surface area contributed by atoms with Gasteiger partial charge in [0, 0.05) is 22.1 Å². The Morgan fingerprint density at radius 2 is 0.724 bits per heavy atom. The first-order valence-corrected chi connectivity index (χ1v) is 26.5. The van der Waals surface area contributed by atoms with Gasteiger partial charge < -0.3 is 0 Å². The number of nitrogens with zero attached hydrogens (tertiary/aromatic N) is 2. The number of aromatic nitrogens is 2. The Morgan fingerprint density at radius 3 is 1.36 bits per heavy atom. The minimum Gasteiger partial charge on any atom is -0.228 e. The average Bonchev–Trinajstić information content (AvgIpc) is 4.00. The number of rotatable bonds is 7. The van der Waals surface area contributed by atoms with Gasteiger partial charge in [-0.05, 0) is 128 Å². The van der Waals surface area contributed by atoms with Crippen LogP contribution >= 0.6 is 0 Å². The molecule has 0 unspecified atom stereocenters. The highest BCUT2D eigenvalue weighted by Gasteiger charge is 2.47. The Hall–Kier alpha value is -9.50. The van der Waals surface area contributed by atoms with E-state index in [-0.39, 0.29) is 5.41 Å². The van der Waals surface area contributed by atoms with Crippen molar-refractivity contribution in [3.05, 3.63) is 300 Å². The first kappa shape index (κ1) is 44.0. The quantitative estimate of drug-likeness (QED) is 0.159. The smallest absolute Gasteiger partial charge is 0.160 e. The maximum absolute atomic E-state index is 5.50. The Balaban J connectivity index is 0.903. The highest BCUT2D eigenvalue weighted by molar-refractivity contribution is 6.13. The van der Waals surface area contributed by atoms with Crippen LogP contribution in [-0.2, 0) is 10.8 Å². The Labute approximate surface area is 443 Å². The van der Waals surface area contributed by atoms with Gasteiger partial charge in [-0.1, -0.05) is 263 Å². The minimum absolute atomic E-state index is 0.182. The van der Waals surface area contributed by atoms with Crippen molar-refractivity contribution in [3.8, 4) is 78.4 Å². The summed E-state index contributed by atoms with van der Waals surface area (Å²) < 4.78 is 0. The van der Waals surface area contributed by atoms with E-state index >= 15 is 0 Å². The van der Waals surface area contributed by atoms with Gasteiger partial charge in [0.2, 0.25) is 0 Å². The van der Waals surface area contributed by atoms with E-state index in [4.69, 9.17) is 9.97 Å². The van der Waals surface area contributed by atoms with Crippen LogP contribution in [0, 0.1) is 0 Å². The summed E-state index contributed by atoms with van der Waals surface area (Å²) in [7, 11) is 0. The van der Waals surface area contributed by atoms with E-state index in [0.29, 0.717) is 5.82 Å². The molecule has 12 aromatic carbocycles. The summed E-state index contributed by atoms with van der Waals surface area (Å²) >= 11 is 0. The lowest BCUT2D eigenvalue weighted by Crippen LogP contribution is -2.28. The monoisotopic (exact) mass is 966 g/mol. The molecular weight excluding hydrogens is 917 g/mol. The highest BCUT2D eigenvalue weighted by Crippen LogP contribution is 2.59. The largest absolute Gasteiger partial charge is 0.228 e. The molecule has 2 aliphatic carbocycles. The molecule has 356 valence electrons. The van der Waals surface area contributed by atoms with Crippen LogP contribution in [0.3, 0.4) is 0 Å². The molecule has 15 rings (SSSR count). The van der Waals surface area contributed by atoms with Gasteiger partial charge in [0.1, 0.15) is 0 Å². The predicted octanol–water partition coefficient (Wildman–Crippen LogP) is 18.9. The molecule has 0 radical (unpaired) electrons. The second kappa shape index (κ2) is 17.0. The fourth-order valence-corrected chi connectivity index (χ4v) is 13.5. The van der Waals surface area contributed by atoms with E-state index < -0.39 is 5.41 Å². The van der Waals surface area contributed by atoms with Crippen LogP contribution in [0.15, 0.2) is 267 Å². The normalized spacial score (nSPS) is 13.6. The first-order chi connectivity index (χ1) is 37.5. The van der Waals surface area contributed by atoms with Crippen molar-refractivity contribution >= 4 is 32.3 Å². The molecule has 0 amide bonds. The molecule has 76 heavy (non-hydrogen) atoms. The van der Waals surface area contributed by atoms with Crippen LogP contribution in [0.4, 0.5) is 0 Å². The Kier molecular flexibility index (Phi) is 9.86. The summed E-state index contributed by atoms with van der Waals surface area (Å²) in [6.07, 6.45) is 0. The fourth-order valence-electron chi connectivity index (χ4n) is 13.5. The number of hydrogen-bond donors (Lipinski definition) is 0. The van der Waals surface area contributed by atoms with Crippen molar-refractivity contribution in [1.82, 2.24) is 9.97 Å². The zero-order chi connectivity index (χ0) is 50.5. The van der Waals surface area contributed by atoms with Crippen LogP contribution < -0.4 is 0 Å². The van der Waals surface area contributed by atoms with Gasteiger partial charge >= 0.3 is 0 Å². The van der Waals surface area contributed by atoms with Gasteiger partial charge in [-0.3, -0.25) is 0 Å². The predicted molar refractivity (Wildman–Crippen MR) is 317 cm³/mol. The summed E-state index contributed by atoms with van der Waals surface area (Å²) in [5.41, 5.74) is 21.9. The molecule has 1 heterocycles. The molecule has 0 spiro atoms. The van der Waals surface area contributed by atoms with Crippen molar-refractivity contribution in [2.75, 3.05) is 0 Å². The van der Waals surface area contributed by atoms with E-state index in [9.17, 15) is 0 Å². The lowest BCUT2D eigenvalue weighted by Gasteiger charge is -2.33. The molecule has 13 aromatic rings. The molecule has 0 atom stereocenters. The third-order valence-corrected chi connectivity index (χ3v) is 16.8. The fraction of sp³-hybridized carbons (Fsp3) is 0.0541. The second-order valence-electron chi connectivity index (χ2n) is 21.1.